The summed E-state index contributed by atoms with van der Waals surface area (Å²) in [6, 6.07) is -0.0593. The van der Waals surface area contributed by atoms with Crippen molar-refractivity contribution in [3.05, 3.63) is 22.5 Å². The van der Waals surface area contributed by atoms with Crippen LogP contribution in [0.1, 0.15) is 44.4 Å². The summed E-state index contributed by atoms with van der Waals surface area (Å²) >= 11 is 6.29. The summed E-state index contributed by atoms with van der Waals surface area (Å²) in [5.74, 6) is -0.201. The van der Waals surface area contributed by atoms with Crippen molar-refractivity contribution >= 4 is 23.6 Å². The van der Waals surface area contributed by atoms with Gasteiger partial charge in [-0.25, -0.2) is 0 Å². The molecule has 0 radical (unpaired) electrons. The van der Waals surface area contributed by atoms with E-state index in [2.05, 4.69) is 17.3 Å². The molecule has 0 aromatic carbocycles. The first-order valence-electron chi connectivity index (χ1n) is 7.31. The normalized spacial score (nSPS) is 12.8. The van der Waals surface area contributed by atoms with Crippen molar-refractivity contribution < 1.29 is 9.90 Å². The van der Waals surface area contributed by atoms with Crippen molar-refractivity contribution in [2.45, 2.75) is 52.6 Å². The summed E-state index contributed by atoms with van der Waals surface area (Å²) in [7, 11) is 0. The number of amides is 1. The predicted molar refractivity (Wildman–Crippen MR) is 85.2 cm³/mol. The van der Waals surface area contributed by atoms with Crippen LogP contribution < -0.4 is 5.32 Å². The van der Waals surface area contributed by atoms with Crippen molar-refractivity contribution in [2.75, 3.05) is 6.61 Å². The van der Waals surface area contributed by atoms with Gasteiger partial charge in [0.1, 0.15) is 5.15 Å². The molecule has 0 aliphatic heterocycles. The largest absolute Gasteiger partial charge is 0.396 e. The van der Waals surface area contributed by atoms with Gasteiger partial charge >= 0.3 is 0 Å². The summed E-state index contributed by atoms with van der Waals surface area (Å²) < 4.78 is 1.77. The lowest BCUT2D eigenvalue weighted by Gasteiger charge is -2.09. The molecule has 1 rings (SSSR count). The minimum atomic E-state index is -0.201. The zero-order valence-electron chi connectivity index (χ0n) is 12.9. The molecule has 1 atom stereocenters. The van der Waals surface area contributed by atoms with Gasteiger partial charge < -0.3 is 10.4 Å². The number of nitrogens with one attached hydrogen (secondary N) is 1. The number of hydrogen-bond acceptors (Lipinski definition) is 3. The molecule has 1 amide bonds. The fourth-order valence-corrected chi connectivity index (χ4v) is 2.25. The van der Waals surface area contributed by atoms with E-state index in [0.717, 1.165) is 30.6 Å². The van der Waals surface area contributed by atoms with Crippen LogP contribution in [-0.2, 0) is 11.3 Å². The van der Waals surface area contributed by atoms with Crippen LogP contribution in [0.15, 0.2) is 6.08 Å². The van der Waals surface area contributed by atoms with E-state index in [4.69, 9.17) is 16.7 Å². The number of nitrogens with zero attached hydrogens (tertiary/aromatic N) is 2. The monoisotopic (exact) mass is 313 g/mol. The number of aromatic nitrogens is 2. The lowest BCUT2D eigenvalue weighted by atomic mass is 10.2. The third-order valence-electron chi connectivity index (χ3n) is 3.18. The Balaban J connectivity index is 2.71. The second-order valence-electron chi connectivity index (χ2n) is 5.12. The number of rotatable bonds is 8. The smallest absolute Gasteiger partial charge is 0.244 e. The van der Waals surface area contributed by atoms with E-state index < -0.39 is 0 Å². The Bertz CT molecular complexity index is 497. The van der Waals surface area contributed by atoms with Gasteiger partial charge in [0, 0.05) is 30.8 Å². The van der Waals surface area contributed by atoms with Crippen LogP contribution in [-0.4, -0.2) is 33.4 Å². The molecule has 0 bridgehead atoms. The minimum absolute atomic E-state index is 0.0558. The van der Waals surface area contributed by atoms with Gasteiger partial charge in [0.25, 0.3) is 0 Å². The molecule has 6 heteroatoms. The number of unbranched alkanes of at least 4 members (excludes halogenated alkanes) is 1. The molecule has 5 nitrogen and oxygen atoms in total. The van der Waals surface area contributed by atoms with E-state index >= 15 is 0 Å². The van der Waals surface area contributed by atoms with Crippen molar-refractivity contribution in [3.63, 3.8) is 0 Å². The molecule has 1 heterocycles. The van der Waals surface area contributed by atoms with Gasteiger partial charge in [-0.05, 0) is 32.8 Å². The van der Waals surface area contributed by atoms with E-state index in [1.54, 1.807) is 10.8 Å². The SMILES string of the molecule is CCCCn1nc(C)c(/C=C/C(=O)NC(C)CCO)c1Cl. The van der Waals surface area contributed by atoms with Gasteiger partial charge in [0.2, 0.25) is 5.91 Å². The topological polar surface area (TPSA) is 67.2 Å². The molecule has 0 saturated heterocycles. The number of halogens is 1. The van der Waals surface area contributed by atoms with Gasteiger partial charge in [0.05, 0.1) is 5.69 Å². The van der Waals surface area contributed by atoms with Crippen LogP contribution in [0.3, 0.4) is 0 Å². The second kappa shape index (κ2) is 8.85. The predicted octanol–water partition coefficient (Wildman–Crippen LogP) is 2.55. The van der Waals surface area contributed by atoms with E-state index in [0.29, 0.717) is 11.6 Å². The van der Waals surface area contributed by atoms with Crippen LogP contribution in [0.4, 0.5) is 0 Å². The Morgan fingerprint density at radius 1 is 1.57 bits per heavy atom. The van der Waals surface area contributed by atoms with Crippen LogP contribution in [0, 0.1) is 6.92 Å². The standard InChI is InChI=1S/C15H24ClN3O2/c1-4-5-9-19-15(16)13(12(3)18-19)6-7-14(21)17-11(2)8-10-20/h6-7,11,20H,4-5,8-10H2,1-3H3,(H,17,21)/b7-6+. The summed E-state index contributed by atoms with van der Waals surface area (Å²) in [5.41, 5.74) is 1.58. The van der Waals surface area contributed by atoms with Gasteiger partial charge in [-0.2, -0.15) is 5.10 Å². The third kappa shape index (κ3) is 5.52. The molecule has 2 N–H and O–H groups in total. The van der Waals surface area contributed by atoms with Gasteiger partial charge in [-0.15, -0.1) is 0 Å². The van der Waals surface area contributed by atoms with Crippen molar-refractivity contribution in [2.24, 2.45) is 0 Å². The molecule has 1 aromatic heterocycles. The van der Waals surface area contributed by atoms with E-state index in [1.165, 1.54) is 6.08 Å². The lowest BCUT2D eigenvalue weighted by Crippen LogP contribution is -2.31. The first kappa shape index (κ1) is 17.7. The first-order chi connectivity index (χ1) is 9.99. The quantitative estimate of drug-likeness (QED) is 0.725. The number of carbonyl (C=O) groups excluding carboxylic acids is 1. The van der Waals surface area contributed by atoms with Crippen molar-refractivity contribution in [1.82, 2.24) is 15.1 Å². The molecule has 0 aliphatic carbocycles. The molecule has 0 saturated carbocycles. The van der Waals surface area contributed by atoms with Crippen LogP contribution >= 0.6 is 11.6 Å². The third-order valence-corrected chi connectivity index (χ3v) is 3.58. The van der Waals surface area contributed by atoms with E-state index in [1.807, 2.05) is 13.8 Å². The molecule has 1 unspecified atom stereocenters. The Morgan fingerprint density at radius 3 is 2.90 bits per heavy atom. The number of aliphatic hydroxyl groups is 1. The highest BCUT2D eigenvalue weighted by molar-refractivity contribution is 6.31. The van der Waals surface area contributed by atoms with Gasteiger partial charge in [-0.1, -0.05) is 24.9 Å². The molecule has 1 aromatic rings. The molecular weight excluding hydrogens is 290 g/mol. The van der Waals surface area contributed by atoms with Crippen LogP contribution in [0.2, 0.25) is 5.15 Å². The maximum Gasteiger partial charge on any atom is 0.244 e. The summed E-state index contributed by atoms with van der Waals surface area (Å²) in [6.45, 7) is 6.68. The van der Waals surface area contributed by atoms with Crippen LogP contribution in [0.25, 0.3) is 6.08 Å². The molecular formula is C15H24ClN3O2. The Labute approximate surface area is 131 Å². The van der Waals surface area contributed by atoms with Crippen LogP contribution in [0.5, 0.6) is 0 Å². The summed E-state index contributed by atoms with van der Waals surface area (Å²) in [5, 5.41) is 16.5. The Kier molecular flexibility index (Phi) is 7.47. The number of aliphatic hydroxyl groups excluding tert-OH is 1. The highest BCUT2D eigenvalue weighted by Gasteiger charge is 2.11. The molecule has 21 heavy (non-hydrogen) atoms. The van der Waals surface area contributed by atoms with Crippen molar-refractivity contribution in [3.8, 4) is 0 Å². The highest BCUT2D eigenvalue weighted by Crippen LogP contribution is 2.21. The van der Waals surface area contributed by atoms with Gasteiger partial charge in [-0.3, -0.25) is 9.48 Å². The average molecular weight is 314 g/mol. The average Bonchev–Trinajstić information content (AvgIpc) is 2.69. The summed E-state index contributed by atoms with van der Waals surface area (Å²) in [6.07, 6.45) is 5.77. The van der Waals surface area contributed by atoms with E-state index in [-0.39, 0.29) is 18.6 Å². The van der Waals surface area contributed by atoms with Gasteiger partial charge in [0.15, 0.2) is 0 Å². The summed E-state index contributed by atoms with van der Waals surface area (Å²) in [4.78, 5) is 11.8. The van der Waals surface area contributed by atoms with Crippen molar-refractivity contribution in [1.29, 1.82) is 0 Å². The number of hydrogen-bond donors (Lipinski definition) is 2. The molecule has 0 fully saturated rings. The first-order valence-corrected chi connectivity index (χ1v) is 7.69. The molecule has 118 valence electrons. The Hall–Kier alpha value is -1.33. The Morgan fingerprint density at radius 2 is 2.29 bits per heavy atom. The zero-order chi connectivity index (χ0) is 15.8. The maximum absolute atomic E-state index is 11.8. The zero-order valence-corrected chi connectivity index (χ0v) is 13.7. The fourth-order valence-electron chi connectivity index (χ4n) is 1.93. The van der Waals surface area contributed by atoms with E-state index in [9.17, 15) is 4.79 Å². The lowest BCUT2D eigenvalue weighted by molar-refractivity contribution is -0.117. The fraction of sp³-hybridized carbons (Fsp3) is 0.600. The molecule has 0 aliphatic rings. The highest BCUT2D eigenvalue weighted by atomic mass is 35.5. The minimum Gasteiger partial charge on any atom is -0.396 e. The molecule has 0 spiro atoms. The number of carbonyl (C=O) groups is 1. The second-order valence-corrected chi connectivity index (χ2v) is 5.48. The maximum atomic E-state index is 11.8. The number of aryl methyl sites for hydroxylation is 2.